The third-order valence-corrected chi connectivity index (χ3v) is 1.81. The van der Waals surface area contributed by atoms with E-state index < -0.39 is 19.2 Å². The number of carbonyl (C=O) groups is 1. The first-order chi connectivity index (χ1) is 9.37. The molecule has 0 rings (SSSR count). The van der Waals surface area contributed by atoms with Crippen LogP contribution in [0.25, 0.3) is 0 Å². The molecule has 0 saturated carbocycles. The number of aldehydes is 1. The van der Waals surface area contributed by atoms with Gasteiger partial charge in [0.1, 0.15) is 6.29 Å². The summed E-state index contributed by atoms with van der Waals surface area (Å²) in [7, 11) is 0. The van der Waals surface area contributed by atoms with E-state index in [1.165, 1.54) is 0 Å². The Morgan fingerprint density at radius 3 is 2.06 bits per heavy atom. The maximum absolute atomic E-state index is 10.4. The van der Waals surface area contributed by atoms with Crippen molar-refractivity contribution in [3.8, 4) is 0 Å². The van der Waals surface area contributed by atoms with Gasteiger partial charge in [-0.25, -0.2) is 0 Å². The van der Waals surface area contributed by atoms with E-state index in [1.807, 2.05) is 18.2 Å². The molecule has 1 nitrogen and oxygen atoms in total. The normalized spacial score (nSPS) is 17.6. The average Bonchev–Trinajstić information content (AvgIpc) is 2.36. The Bertz CT molecular complexity index is 357. The van der Waals surface area contributed by atoms with Crippen molar-refractivity contribution in [2.75, 3.05) is 0 Å². The minimum atomic E-state index is -2.13. The number of allylic oxidation sites excluding steroid dienone is 6. The maximum atomic E-state index is 10.4. The van der Waals surface area contributed by atoms with E-state index in [2.05, 4.69) is 19.1 Å². The van der Waals surface area contributed by atoms with Gasteiger partial charge in [0.25, 0.3) is 0 Å². The van der Waals surface area contributed by atoms with Crippen LogP contribution in [0.15, 0.2) is 36.5 Å². The summed E-state index contributed by atoms with van der Waals surface area (Å²) >= 11 is 0. The van der Waals surface area contributed by atoms with Crippen molar-refractivity contribution in [2.45, 2.75) is 51.8 Å². The van der Waals surface area contributed by atoms with Crippen LogP contribution in [0.3, 0.4) is 0 Å². The van der Waals surface area contributed by atoms with E-state index in [0.717, 1.165) is 12.8 Å². The molecular weight excluding hydrogens is 196 g/mol. The lowest BCUT2D eigenvalue weighted by molar-refractivity contribution is -0.107. The molecule has 0 atom stereocenters. The molecule has 0 heterocycles. The number of rotatable bonds is 10. The van der Waals surface area contributed by atoms with E-state index in [9.17, 15) is 4.79 Å². The van der Waals surface area contributed by atoms with Gasteiger partial charge in [0.05, 0.1) is 0 Å². The van der Waals surface area contributed by atoms with Gasteiger partial charge in [-0.1, -0.05) is 43.4 Å². The average molecular weight is 224 g/mol. The zero-order valence-corrected chi connectivity index (χ0v) is 9.99. The van der Waals surface area contributed by atoms with Crippen molar-refractivity contribution in [1.82, 2.24) is 0 Å². The molecule has 0 N–H and O–H groups in total. The molecule has 0 bridgehead atoms. The van der Waals surface area contributed by atoms with Gasteiger partial charge in [-0.15, -0.1) is 0 Å². The van der Waals surface area contributed by atoms with E-state index >= 15 is 0 Å². The molecule has 90 valence electrons. The van der Waals surface area contributed by atoms with Gasteiger partial charge in [0, 0.05) is 11.9 Å². The number of hydrogen-bond donors (Lipinski definition) is 0. The highest BCUT2D eigenvalue weighted by atomic mass is 16.1. The fourth-order valence-corrected chi connectivity index (χ4v) is 1.04. The molecule has 0 unspecified atom stereocenters. The topological polar surface area (TPSA) is 17.1 Å². The maximum Gasteiger partial charge on any atom is 0.119 e. The molecule has 0 saturated heterocycles. The highest BCUT2D eigenvalue weighted by Gasteiger charge is 1.83. The predicted octanol–water partition coefficient (Wildman–Crippen LogP) is 4.60. The molecule has 0 aromatic carbocycles. The Morgan fingerprint density at radius 1 is 0.875 bits per heavy atom. The van der Waals surface area contributed by atoms with Gasteiger partial charge in [0.2, 0.25) is 0 Å². The zero-order chi connectivity index (χ0) is 15.5. The molecule has 0 radical (unpaired) electrons. The van der Waals surface area contributed by atoms with E-state index in [4.69, 9.17) is 5.48 Å². The van der Waals surface area contributed by atoms with Gasteiger partial charge < -0.3 is 4.79 Å². The first kappa shape index (κ1) is 8.98. The molecule has 0 aromatic heterocycles. The number of carbonyl (C=O) groups excluding carboxylic acids is 1. The zero-order valence-electron chi connectivity index (χ0n) is 14.0. The van der Waals surface area contributed by atoms with Gasteiger partial charge in [-0.2, -0.15) is 0 Å². The fourth-order valence-electron chi connectivity index (χ4n) is 1.04. The molecule has 0 aromatic rings. The van der Waals surface area contributed by atoms with Crippen molar-refractivity contribution in [3.63, 3.8) is 0 Å². The lowest BCUT2D eigenvalue weighted by Crippen LogP contribution is -1.75. The van der Waals surface area contributed by atoms with Gasteiger partial charge in [-0.3, -0.25) is 0 Å². The molecule has 0 aliphatic heterocycles. The first-order valence-electron chi connectivity index (χ1n) is 7.76. The molecule has 0 fully saturated rings. The molecule has 0 amide bonds. The summed E-state index contributed by atoms with van der Waals surface area (Å²) in [4.78, 5) is 10.4. The van der Waals surface area contributed by atoms with Crippen LogP contribution >= 0.6 is 0 Å². The van der Waals surface area contributed by atoms with Crippen molar-refractivity contribution < 1.29 is 10.3 Å². The largest absolute Gasteiger partial charge is 0.303 e. The predicted molar refractivity (Wildman–Crippen MR) is 71.5 cm³/mol. The number of hydrogen-bond acceptors (Lipinski definition) is 1. The Morgan fingerprint density at radius 2 is 1.44 bits per heavy atom. The SMILES string of the molecule is [2H]C([2H])(CC=O)C([2H])([2H])CC=CCC=CCC=CCC. The van der Waals surface area contributed by atoms with Crippen molar-refractivity contribution in [2.24, 2.45) is 0 Å². The van der Waals surface area contributed by atoms with Crippen LogP contribution in [0, 0.1) is 0 Å². The Hall–Kier alpha value is -1.11. The van der Waals surface area contributed by atoms with Crippen molar-refractivity contribution in [1.29, 1.82) is 0 Å². The first-order valence-corrected chi connectivity index (χ1v) is 5.76. The third kappa shape index (κ3) is 12.9. The van der Waals surface area contributed by atoms with E-state index in [1.54, 1.807) is 6.08 Å². The Balaban J connectivity index is 4.11. The smallest absolute Gasteiger partial charge is 0.119 e. The second-order valence-electron chi connectivity index (χ2n) is 3.22. The van der Waals surface area contributed by atoms with Gasteiger partial charge in [-0.05, 0) is 38.4 Å². The summed E-state index contributed by atoms with van der Waals surface area (Å²) in [6, 6.07) is 0. The van der Waals surface area contributed by atoms with E-state index in [0.29, 0.717) is 12.7 Å². The van der Waals surface area contributed by atoms with Crippen molar-refractivity contribution >= 4 is 6.29 Å². The van der Waals surface area contributed by atoms with Crippen LogP contribution in [0.4, 0.5) is 0 Å². The quantitative estimate of drug-likeness (QED) is 0.391. The monoisotopic (exact) mass is 224 g/mol. The summed E-state index contributed by atoms with van der Waals surface area (Å²) in [5.74, 6) is 0. The fraction of sp³-hybridized carbons (Fsp3) is 0.533. The Kier molecular flexibility index (Phi) is 7.79. The van der Waals surface area contributed by atoms with Crippen molar-refractivity contribution in [3.05, 3.63) is 36.5 Å². The van der Waals surface area contributed by atoms with Gasteiger partial charge >= 0.3 is 0 Å². The summed E-state index contributed by atoms with van der Waals surface area (Å²) in [5.41, 5.74) is 0. The lowest BCUT2D eigenvalue weighted by Gasteiger charge is -1.90. The molecule has 0 aliphatic rings. The minimum Gasteiger partial charge on any atom is -0.303 e. The van der Waals surface area contributed by atoms with Gasteiger partial charge in [0.15, 0.2) is 0 Å². The Labute approximate surface area is 106 Å². The summed E-state index contributed by atoms with van der Waals surface area (Å²) in [6.07, 6.45) is 10.1. The van der Waals surface area contributed by atoms with E-state index in [-0.39, 0.29) is 6.42 Å². The molecular formula is C15H24O. The van der Waals surface area contributed by atoms with Crippen LogP contribution in [0.1, 0.15) is 57.3 Å². The standard InChI is InChI=1S/C15H24O/c1-2-3-4-5-6-7-8-9-10-11-12-13-14-15-16/h3-4,6-7,9-10,15H,2,5,8,11-14H2,1H3/i12D2,13D2. The van der Waals surface area contributed by atoms with Crippen LogP contribution in [-0.2, 0) is 4.79 Å². The summed E-state index contributed by atoms with van der Waals surface area (Å²) in [5, 5.41) is 0. The summed E-state index contributed by atoms with van der Waals surface area (Å²) < 4.78 is 30.4. The molecule has 0 spiro atoms. The van der Waals surface area contributed by atoms with Crippen LogP contribution in [0.2, 0.25) is 0 Å². The second kappa shape index (κ2) is 13.9. The highest BCUT2D eigenvalue weighted by Crippen LogP contribution is 2.00. The second-order valence-corrected chi connectivity index (χ2v) is 3.22. The van der Waals surface area contributed by atoms with Crippen LogP contribution in [-0.4, -0.2) is 6.29 Å². The highest BCUT2D eigenvalue weighted by molar-refractivity contribution is 5.48. The third-order valence-electron chi connectivity index (χ3n) is 1.81. The lowest BCUT2D eigenvalue weighted by atomic mass is 10.2. The summed E-state index contributed by atoms with van der Waals surface area (Å²) in [6.45, 7) is 2.08. The molecule has 16 heavy (non-hydrogen) atoms. The minimum absolute atomic E-state index is 0.0303. The van der Waals surface area contributed by atoms with Crippen LogP contribution in [0.5, 0.6) is 0 Å². The van der Waals surface area contributed by atoms with Crippen LogP contribution < -0.4 is 0 Å². The molecule has 0 aliphatic carbocycles. The molecule has 1 heteroatoms.